The van der Waals surface area contributed by atoms with Crippen LogP contribution >= 0.6 is 11.8 Å². The first kappa shape index (κ1) is 11.1. The third kappa shape index (κ3) is 2.40. The van der Waals surface area contributed by atoms with Crippen molar-refractivity contribution in [1.29, 1.82) is 0 Å². The summed E-state index contributed by atoms with van der Waals surface area (Å²) in [6, 6.07) is 2.02. The van der Waals surface area contributed by atoms with E-state index in [4.69, 9.17) is 4.42 Å². The molecule has 15 heavy (non-hydrogen) atoms. The van der Waals surface area contributed by atoms with Crippen molar-refractivity contribution in [3.8, 4) is 0 Å². The van der Waals surface area contributed by atoms with Gasteiger partial charge in [0, 0.05) is 11.3 Å². The smallest absolute Gasteiger partial charge is 0.120 e. The highest BCUT2D eigenvalue weighted by Gasteiger charge is 2.35. The van der Waals surface area contributed by atoms with Crippen molar-refractivity contribution in [3.05, 3.63) is 23.7 Å². The van der Waals surface area contributed by atoms with Crippen LogP contribution < -0.4 is 5.32 Å². The van der Waals surface area contributed by atoms with Crippen LogP contribution in [-0.2, 0) is 6.54 Å². The molecule has 2 nitrogen and oxygen atoms in total. The highest BCUT2D eigenvalue weighted by molar-refractivity contribution is 8.00. The average molecular weight is 225 g/mol. The number of nitrogens with one attached hydrogen (secondary N) is 1. The SMILES string of the molecule is CSC1(CNCc2occc2C)CCC1. The molecule has 0 atom stereocenters. The second-order valence-electron chi connectivity index (χ2n) is 4.37. The average Bonchev–Trinajstić information content (AvgIpc) is 2.57. The number of furan rings is 1. The van der Waals surface area contributed by atoms with E-state index in [1.54, 1.807) is 6.26 Å². The molecule has 1 aromatic heterocycles. The zero-order valence-electron chi connectivity index (χ0n) is 9.51. The Morgan fingerprint density at radius 3 is 2.80 bits per heavy atom. The molecular weight excluding hydrogens is 206 g/mol. The molecule has 1 aliphatic carbocycles. The van der Waals surface area contributed by atoms with E-state index in [0.29, 0.717) is 4.75 Å². The Kier molecular flexibility index (Phi) is 3.42. The van der Waals surface area contributed by atoms with Gasteiger partial charge in [0.2, 0.25) is 0 Å². The quantitative estimate of drug-likeness (QED) is 0.834. The van der Waals surface area contributed by atoms with E-state index in [9.17, 15) is 0 Å². The second kappa shape index (κ2) is 4.62. The van der Waals surface area contributed by atoms with Crippen LogP contribution in [0.5, 0.6) is 0 Å². The van der Waals surface area contributed by atoms with Gasteiger partial charge in [-0.1, -0.05) is 6.42 Å². The van der Waals surface area contributed by atoms with Crippen molar-refractivity contribution in [2.75, 3.05) is 12.8 Å². The summed E-state index contributed by atoms with van der Waals surface area (Å²) in [6.07, 6.45) is 8.10. The number of thioether (sulfide) groups is 1. The first-order valence-electron chi connectivity index (χ1n) is 5.55. The van der Waals surface area contributed by atoms with Crippen molar-refractivity contribution in [1.82, 2.24) is 5.32 Å². The summed E-state index contributed by atoms with van der Waals surface area (Å²) < 4.78 is 5.91. The molecule has 1 saturated carbocycles. The second-order valence-corrected chi connectivity index (χ2v) is 5.65. The van der Waals surface area contributed by atoms with Crippen LogP contribution in [0.3, 0.4) is 0 Å². The van der Waals surface area contributed by atoms with Gasteiger partial charge in [0.1, 0.15) is 5.76 Å². The lowest BCUT2D eigenvalue weighted by Gasteiger charge is -2.40. The van der Waals surface area contributed by atoms with Crippen molar-refractivity contribution < 1.29 is 4.42 Å². The summed E-state index contributed by atoms with van der Waals surface area (Å²) in [5, 5.41) is 3.51. The molecule has 0 bridgehead atoms. The summed E-state index contributed by atoms with van der Waals surface area (Å²) in [5.74, 6) is 1.07. The van der Waals surface area contributed by atoms with E-state index >= 15 is 0 Å². The highest BCUT2D eigenvalue weighted by Crippen LogP contribution is 2.42. The van der Waals surface area contributed by atoms with Gasteiger partial charge >= 0.3 is 0 Å². The van der Waals surface area contributed by atoms with Crippen molar-refractivity contribution in [3.63, 3.8) is 0 Å². The number of hydrogen-bond acceptors (Lipinski definition) is 3. The normalized spacial score (nSPS) is 18.8. The number of rotatable bonds is 5. The molecule has 84 valence electrons. The molecule has 0 unspecified atom stereocenters. The van der Waals surface area contributed by atoms with Crippen LogP contribution in [-0.4, -0.2) is 17.5 Å². The van der Waals surface area contributed by atoms with Gasteiger partial charge in [-0.25, -0.2) is 0 Å². The molecule has 0 spiro atoms. The predicted molar refractivity (Wildman–Crippen MR) is 65.2 cm³/mol. The molecule has 1 fully saturated rings. The lowest BCUT2D eigenvalue weighted by Crippen LogP contribution is -2.43. The largest absolute Gasteiger partial charge is 0.468 e. The van der Waals surface area contributed by atoms with Crippen molar-refractivity contribution in [2.45, 2.75) is 37.5 Å². The Hall–Kier alpha value is -0.410. The van der Waals surface area contributed by atoms with Crippen LogP contribution in [0.25, 0.3) is 0 Å². The fourth-order valence-electron chi connectivity index (χ4n) is 2.01. The minimum Gasteiger partial charge on any atom is -0.468 e. The van der Waals surface area contributed by atoms with Gasteiger partial charge in [-0.05, 0) is 37.7 Å². The van der Waals surface area contributed by atoms with E-state index in [1.807, 2.05) is 17.8 Å². The molecule has 0 amide bonds. The first-order valence-corrected chi connectivity index (χ1v) is 6.77. The van der Waals surface area contributed by atoms with Gasteiger partial charge in [-0.15, -0.1) is 0 Å². The van der Waals surface area contributed by atoms with E-state index < -0.39 is 0 Å². The van der Waals surface area contributed by atoms with Crippen molar-refractivity contribution in [2.24, 2.45) is 0 Å². The number of hydrogen-bond donors (Lipinski definition) is 1. The van der Waals surface area contributed by atoms with E-state index in [1.165, 1.54) is 24.8 Å². The minimum absolute atomic E-state index is 0.514. The van der Waals surface area contributed by atoms with Crippen molar-refractivity contribution >= 4 is 11.8 Å². The van der Waals surface area contributed by atoms with Crippen LogP contribution in [0.2, 0.25) is 0 Å². The van der Waals surface area contributed by atoms with Gasteiger partial charge < -0.3 is 9.73 Å². The maximum Gasteiger partial charge on any atom is 0.120 e. The van der Waals surface area contributed by atoms with Gasteiger partial charge in [-0.2, -0.15) is 11.8 Å². The summed E-state index contributed by atoms with van der Waals surface area (Å²) in [4.78, 5) is 0. The first-order chi connectivity index (χ1) is 7.26. The van der Waals surface area contributed by atoms with E-state index in [2.05, 4.69) is 18.5 Å². The Bertz CT molecular complexity index is 312. The Morgan fingerprint density at radius 2 is 2.33 bits per heavy atom. The highest BCUT2D eigenvalue weighted by atomic mass is 32.2. The van der Waals surface area contributed by atoms with Gasteiger partial charge in [0.05, 0.1) is 12.8 Å². The molecule has 0 radical (unpaired) electrons. The maximum absolute atomic E-state index is 5.40. The molecule has 1 aromatic rings. The summed E-state index contributed by atoms with van der Waals surface area (Å²) in [6.45, 7) is 4.06. The fraction of sp³-hybridized carbons (Fsp3) is 0.667. The van der Waals surface area contributed by atoms with Crippen LogP contribution in [0.1, 0.15) is 30.6 Å². The van der Waals surface area contributed by atoms with Gasteiger partial charge in [-0.3, -0.25) is 0 Å². The summed E-state index contributed by atoms with van der Waals surface area (Å²) in [5.41, 5.74) is 1.24. The minimum atomic E-state index is 0.514. The van der Waals surface area contributed by atoms with Gasteiger partial charge in [0.15, 0.2) is 0 Å². The predicted octanol–water partition coefficient (Wildman–Crippen LogP) is 2.96. The molecule has 1 heterocycles. The molecular formula is C12H19NOS. The molecule has 0 aliphatic heterocycles. The molecule has 3 heteroatoms. The zero-order valence-corrected chi connectivity index (χ0v) is 10.3. The molecule has 0 aromatic carbocycles. The topological polar surface area (TPSA) is 25.2 Å². The van der Waals surface area contributed by atoms with Crippen LogP contribution in [0, 0.1) is 6.92 Å². The fourth-order valence-corrected chi connectivity index (χ4v) is 2.96. The number of aryl methyl sites for hydroxylation is 1. The molecule has 0 saturated heterocycles. The van der Waals surface area contributed by atoms with E-state index in [-0.39, 0.29) is 0 Å². The monoisotopic (exact) mass is 225 g/mol. The zero-order chi connectivity index (χ0) is 10.7. The molecule has 2 rings (SSSR count). The third-order valence-electron chi connectivity index (χ3n) is 3.40. The lowest BCUT2D eigenvalue weighted by atomic mass is 9.84. The standard InChI is InChI=1S/C12H19NOS/c1-10-4-7-14-11(10)8-13-9-12(15-2)5-3-6-12/h4,7,13H,3,5-6,8-9H2,1-2H3. The summed E-state index contributed by atoms with van der Waals surface area (Å²) in [7, 11) is 0. The van der Waals surface area contributed by atoms with Gasteiger partial charge in [0.25, 0.3) is 0 Å². The van der Waals surface area contributed by atoms with Crippen LogP contribution in [0.15, 0.2) is 16.7 Å². The Labute approximate surface area is 95.8 Å². The maximum atomic E-state index is 5.40. The third-order valence-corrected chi connectivity index (χ3v) is 4.82. The molecule has 1 N–H and O–H groups in total. The van der Waals surface area contributed by atoms with Crippen LogP contribution in [0.4, 0.5) is 0 Å². The molecule has 1 aliphatic rings. The Balaban J connectivity index is 1.77. The van der Waals surface area contributed by atoms with E-state index in [0.717, 1.165) is 18.8 Å². The Morgan fingerprint density at radius 1 is 1.53 bits per heavy atom. The lowest BCUT2D eigenvalue weighted by molar-refractivity contribution is 0.339. The summed E-state index contributed by atoms with van der Waals surface area (Å²) >= 11 is 2.01.